The predicted octanol–water partition coefficient (Wildman–Crippen LogP) is 4.85. The molecule has 16 heavy (non-hydrogen) atoms. The number of aryl methyl sites for hydroxylation is 2. The third kappa shape index (κ3) is 1.59. The highest BCUT2D eigenvalue weighted by Crippen LogP contribution is 2.35. The van der Waals surface area contributed by atoms with Crippen molar-refractivity contribution in [1.29, 1.82) is 0 Å². The summed E-state index contributed by atoms with van der Waals surface area (Å²) in [6.07, 6.45) is 6.32. The maximum atomic E-state index is 6.12. The van der Waals surface area contributed by atoms with E-state index in [1.54, 1.807) is 0 Å². The van der Waals surface area contributed by atoms with E-state index in [0.717, 1.165) is 9.50 Å². The van der Waals surface area contributed by atoms with Gasteiger partial charge in [-0.1, -0.05) is 24.1 Å². The zero-order chi connectivity index (χ0) is 11.1. The minimum atomic E-state index is 0.781. The average Bonchev–Trinajstić information content (AvgIpc) is 2.47. The van der Waals surface area contributed by atoms with E-state index in [9.17, 15) is 0 Å². The number of fused-ring (bicyclic) bond motifs is 3. The monoisotopic (exact) mass is 297 g/mol. The van der Waals surface area contributed by atoms with Gasteiger partial charge in [-0.05, 0) is 53.2 Å². The van der Waals surface area contributed by atoms with Crippen LogP contribution < -0.4 is 0 Å². The van der Waals surface area contributed by atoms with Crippen LogP contribution >= 0.6 is 27.5 Å². The van der Waals surface area contributed by atoms with Gasteiger partial charge in [-0.15, -0.1) is 0 Å². The molecule has 84 valence electrons. The Labute approximate surface area is 108 Å². The number of halogens is 2. The first kappa shape index (κ1) is 10.7. The molecule has 3 heteroatoms. The second kappa shape index (κ2) is 4.08. The molecular weight excluding hydrogens is 286 g/mol. The standard InChI is InChI=1S/C13H13BrClN/c14-12-10(15)7-6-9-8-4-2-1-3-5-11(8)16-13(9)12/h6-7,16H,1-5H2. The van der Waals surface area contributed by atoms with E-state index < -0.39 is 0 Å². The number of aromatic nitrogens is 1. The normalized spacial score (nSPS) is 16.1. The Balaban J connectivity index is 2.28. The minimum absolute atomic E-state index is 0.781. The number of hydrogen-bond donors (Lipinski definition) is 1. The molecule has 2 aromatic rings. The van der Waals surface area contributed by atoms with Crippen LogP contribution in [0.1, 0.15) is 30.5 Å². The Hall–Kier alpha value is -0.470. The number of benzene rings is 1. The van der Waals surface area contributed by atoms with Crippen molar-refractivity contribution >= 4 is 38.4 Å². The van der Waals surface area contributed by atoms with Gasteiger partial charge in [0.1, 0.15) is 0 Å². The largest absolute Gasteiger partial charge is 0.357 e. The Bertz CT molecular complexity index is 544. The van der Waals surface area contributed by atoms with Gasteiger partial charge in [-0.2, -0.15) is 0 Å². The van der Waals surface area contributed by atoms with Crippen molar-refractivity contribution in [2.75, 3.05) is 0 Å². The molecular formula is C13H13BrClN. The van der Waals surface area contributed by atoms with Crippen LogP contribution in [0, 0.1) is 0 Å². The number of H-pyrrole nitrogens is 1. The zero-order valence-corrected chi connectivity index (χ0v) is 11.3. The molecule has 0 saturated heterocycles. The Morgan fingerprint density at radius 3 is 2.81 bits per heavy atom. The highest BCUT2D eigenvalue weighted by molar-refractivity contribution is 9.10. The van der Waals surface area contributed by atoms with Gasteiger partial charge in [-0.3, -0.25) is 0 Å². The molecule has 1 heterocycles. The summed E-state index contributed by atoms with van der Waals surface area (Å²) < 4.78 is 1.000. The molecule has 0 saturated carbocycles. The van der Waals surface area contributed by atoms with Crippen molar-refractivity contribution in [3.8, 4) is 0 Å². The quantitative estimate of drug-likeness (QED) is 0.669. The molecule has 1 aliphatic rings. The van der Waals surface area contributed by atoms with E-state index in [4.69, 9.17) is 11.6 Å². The molecule has 0 amide bonds. The van der Waals surface area contributed by atoms with Gasteiger partial charge < -0.3 is 4.98 Å². The summed E-state index contributed by atoms with van der Waals surface area (Å²) in [7, 11) is 0. The summed E-state index contributed by atoms with van der Waals surface area (Å²) in [4.78, 5) is 3.53. The van der Waals surface area contributed by atoms with E-state index in [1.807, 2.05) is 6.07 Å². The Morgan fingerprint density at radius 2 is 1.94 bits per heavy atom. The van der Waals surface area contributed by atoms with Crippen LogP contribution in [0.5, 0.6) is 0 Å². The molecule has 1 N–H and O–H groups in total. The molecule has 0 unspecified atom stereocenters. The third-order valence-corrected chi connectivity index (χ3v) is 4.78. The first-order valence-corrected chi connectivity index (χ1v) is 6.92. The number of rotatable bonds is 0. The zero-order valence-electron chi connectivity index (χ0n) is 8.95. The van der Waals surface area contributed by atoms with E-state index >= 15 is 0 Å². The second-order valence-electron chi connectivity index (χ2n) is 4.43. The SMILES string of the molecule is Clc1ccc2c3c([nH]c2c1Br)CCCCC3. The Morgan fingerprint density at radius 1 is 1.12 bits per heavy atom. The fourth-order valence-electron chi connectivity index (χ4n) is 2.59. The number of aromatic amines is 1. The topological polar surface area (TPSA) is 15.8 Å². The summed E-state index contributed by atoms with van der Waals surface area (Å²) in [6.45, 7) is 0. The summed E-state index contributed by atoms with van der Waals surface area (Å²) in [5.41, 5.74) is 4.08. The highest BCUT2D eigenvalue weighted by Gasteiger charge is 2.16. The lowest BCUT2D eigenvalue weighted by atomic mass is 10.1. The van der Waals surface area contributed by atoms with Gasteiger partial charge in [0.25, 0.3) is 0 Å². The van der Waals surface area contributed by atoms with Gasteiger partial charge in [0.15, 0.2) is 0 Å². The van der Waals surface area contributed by atoms with Crippen molar-refractivity contribution in [1.82, 2.24) is 4.98 Å². The van der Waals surface area contributed by atoms with Crippen LogP contribution in [-0.2, 0) is 12.8 Å². The van der Waals surface area contributed by atoms with Crippen LogP contribution in [0.4, 0.5) is 0 Å². The molecule has 1 aliphatic carbocycles. The third-order valence-electron chi connectivity index (χ3n) is 3.41. The maximum Gasteiger partial charge on any atom is 0.0618 e. The number of nitrogens with one attached hydrogen (secondary N) is 1. The van der Waals surface area contributed by atoms with Crippen LogP contribution in [0.3, 0.4) is 0 Å². The van der Waals surface area contributed by atoms with Gasteiger partial charge in [0.05, 0.1) is 15.0 Å². The predicted molar refractivity (Wildman–Crippen MR) is 72.3 cm³/mol. The Kier molecular flexibility index (Phi) is 2.72. The highest BCUT2D eigenvalue weighted by atomic mass is 79.9. The fourth-order valence-corrected chi connectivity index (χ4v) is 3.19. The smallest absolute Gasteiger partial charge is 0.0618 e. The second-order valence-corrected chi connectivity index (χ2v) is 5.63. The molecule has 0 radical (unpaired) electrons. The van der Waals surface area contributed by atoms with E-state index in [2.05, 4.69) is 27.0 Å². The average molecular weight is 299 g/mol. The van der Waals surface area contributed by atoms with Crippen LogP contribution in [-0.4, -0.2) is 4.98 Å². The molecule has 1 aromatic heterocycles. The van der Waals surface area contributed by atoms with Gasteiger partial charge in [-0.25, -0.2) is 0 Å². The number of hydrogen-bond acceptors (Lipinski definition) is 0. The molecule has 0 atom stereocenters. The summed E-state index contributed by atoms with van der Waals surface area (Å²) >= 11 is 9.68. The van der Waals surface area contributed by atoms with E-state index in [-0.39, 0.29) is 0 Å². The van der Waals surface area contributed by atoms with Crippen LogP contribution in [0.2, 0.25) is 5.02 Å². The van der Waals surface area contributed by atoms with Crippen molar-refractivity contribution in [2.45, 2.75) is 32.1 Å². The van der Waals surface area contributed by atoms with Gasteiger partial charge in [0.2, 0.25) is 0 Å². The van der Waals surface area contributed by atoms with Crippen molar-refractivity contribution < 1.29 is 0 Å². The lowest BCUT2D eigenvalue weighted by molar-refractivity contribution is 0.708. The van der Waals surface area contributed by atoms with Crippen molar-refractivity contribution in [3.63, 3.8) is 0 Å². The first-order valence-electron chi connectivity index (χ1n) is 5.75. The van der Waals surface area contributed by atoms with E-state index in [1.165, 1.54) is 54.3 Å². The van der Waals surface area contributed by atoms with Crippen LogP contribution in [0.25, 0.3) is 10.9 Å². The summed E-state index contributed by atoms with van der Waals surface area (Å²) in [5.74, 6) is 0. The maximum absolute atomic E-state index is 6.12. The fraction of sp³-hybridized carbons (Fsp3) is 0.385. The molecule has 0 spiro atoms. The lowest BCUT2D eigenvalue weighted by Gasteiger charge is -2.00. The minimum Gasteiger partial charge on any atom is -0.357 e. The summed E-state index contributed by atoms with van der Waals surface area (Å²) in [6, 6.07) is 4.12. The summed E-state index contributed by atoms with van der Waals surface area (Å²) in [5, 5.41) is 2.12. The van der Waals surface area contributed by atoms with Gasteiger partial charge in [0, 0.05) is 11.1 Å². The molecule has 3 rings (SSSR count). The molecule has 0 bridgehead atoms. The molecule has 0 fully saturated rings. The van der Waals surface area contributed by atoms with Gasteiger partial charge >= 0.3 is 0 Å². The lowest BCUT2D eigenvalue weighted by Crippen LogP contribution is -1.86. The van der Waals surface area contributed by atoms with E-state index in [0.29, 0.717) is 0 Å². The molecule has 1 nitrogen and oxygen atoms in total. The molecule has 0 aliphatic heterocycles. The van der Waals surface area contributed by atoms with Crippen LogP contribution in [0.15, 0.2) is 16.6 Å². The molecule has 1 aromatic carbocycles. The van der Waals surface area contributed by atoms with Crippen molar-refractivity contribution in [3.05, 3.63) is 32.9 Å². The first-order chi connectivity index (χ1) is 7.77. The van der Waals surface area contributed by atoms with Crippen molar-refractivity contribution in [2.24, 2.45) is 0 Å².